The van der Waals surface area contributed by atoms with Crippen LogP contribution < -0.4 is 21.9 Å². The summed E-state index contributed by atoms with van der Waals surface area (Å²) in [5.41, 5.74) is 5.69. The zero-order valence-electron chi connectivity index (χ0n) is 16.1. The topological polar surface area (TPSA) is 110 Å². The van der Waals surface area contributed by atoms with E-state index in [1.807, 2.05) is 37.3 Å². The van der Waals surface area contributed by atoms with Crippen LogP contribution in [0.3, 0.4) is 0 Å². The number of aromatic nitrogens is 2. The summed E-state index contributed by atoms with van der Waals surface area (Å²) in [6.07, 6.45) is 0.946. The van der Waals surface area contributed by atoms with Crippen LogP contribution in [0.2, 0.25) is 0 Å². The Morgan fingerprint density at radius 2 is 2.00 bits per heavy atom. The Morgan fingerprint density at radius 1 is 1.29 bits per heavy atom. The van der Waals surface area contributed by atoms with Gasteiger partial charge in [-0.1, -0.05) is 37.3 Å². The molecule has 3 N–H and O–H groups in total. The molecule has 0 aliphatic rings. The SMILES string of the molecule is CCCSCC(=O)N(Cc1ccccc1)c1c(N)n(CCOC)c(=O)[nH]c1=O. The third-order valence-electron chi connectivity index (χ3n) is 4.06. The molecule has 0 radical (unpaired) electrons. The lowest BCUT2D eigenvalue weighted by Crippen LogP contribution is -2.41. The molecule has 1 heterocycles. The van der Waals surface area contributed by atoms with Crippen molar-refractivity contribution in [2.45, 2.75) is 26.4 Å². The highest BCUT2D eigenvalue weighted by atomic mass is 32.2. The van der Waals surface area contributed by atoms with Crippen molar-refractivity contribution in [3.63, 3.8) is 0 Å². The van der Waals surface area contributed by atoms with Crippen molar-refractivity contribution < 1.29 is 9.53 Å². The third kappa shape index (κ3) is 5.49. The molecule has 0 atom stereocenters. The molecular formula is C19H26N4O4S. The number of hydrogen-bond acceptors (Lipinski definition) is 6. The van der Waals surface area contributed by atoms with Crippen LogP contribution in [0.5, 0.6) is 0 Å². The standard InChI is InChI=1S/C19H26N4O4S/c1-3-11-28-13-15(24)23(12-14-7-5-4-6-8-14)16-17(20)22(9-10-27-2)19(26)21-18(16)25/h4-8H,3,9-13,20H2,1-2H3,(H,21,25,26). The van der Waals surface area contributed by atoms with E-state index in [2.05, 4.69) is 4.98 Å². The number of aromatic amines is 1. The summed E-state index contributed by atoms with van der Waals surface area (Å²) in [6.45, 7) is 2.63. The van der Waals surface area contributed by atoms with Gasteiger partial charge < -0.3 is 10.5 Å². The summed E-state index contributed by atoms with van der Waals surface area (Å²) >= 11 is 1.50. The summed E-state index contributed by atoms with van der Waals surface area (Å²) in [7, 11) is 1.50. The summed E-state index contributed by atoms with van der Waals surface area (Å²) in [5.74, 6) is 0.771. The molecule has 1 aromatic heterocycles. The summed E-state index contributed by atoms with van der Waals surface area (Å²) in [5, 5.41) is 0. The van der Waals surface area contributed by atoms with Gasteiger partial charge in [-0.25, -0.2) is 4.79 Å². The van der Waals surface area contributed by atoms with Crippen molar-refractivity contribution in [1.82, 2.24) is 9.55 Å². The Bertz CT molecular complexity index is 895. The molecule has 0 unspecified atom stereocenters. The van der Waals surface area contributed by atoms with Gasteiger partial charge in [0.2, 0.25) is 5.91 Å². The smallest absolute Gasteiger partial charge is 0.330 e. The Hall–Kier alpha value is -2.52. The first-order chi connectivity index (χ1) is 13.5. The number of amides is 1. The van der Waals surface area contributed by atoms with Gasteiger partial charge in [-0.2, -0.15) is 11.8 Å². The Labute approximate surface area is 167 Å². The van der Waals surface area contributed by atoms with Crippen LogP contribution in [-0.4, -0.2) is 40.7 Å². The van der Waals surface area contributed by atoms with E-state index in [9.17, 15) is 14.4 Å². The molecular weight excluding hydrogens is 380 g/mol. The zero-order valence-corrected chi connectivity index (χ0v) is 17.0. The average Bonchev–Trinajstić information content (AvgIpc) is 2.67. The van der Waals surface area contributed by atoms with Crippen LogP contribution in [0.4, 0.5) is 11.5 Å². The summed E-state index contributed by atoms with van der Waals surface area (Å²) in [4.78, 5) is 41.3. The highest BCUT2D eigenvalue weighted by Crippen LogP contribution is 2.21. The zero-order chi connectivity index (χ0) is 20.5. The molecule has 0 bridgehead atoms. The number of benzene rings is 1. The van der Waals surface area contributed by atoms with Crippen molar-refractivity contribution in [1.29, 1.82) is 0 Å². The minimum absolute atomic E-state index is 0.0124. The monoisotopic (exact) mass is 406 g/mol. The van der Waals surface area contributed by atoms with Gasteiger partial charge in [0.25, 0.3) is 5.56 Å². The molecule has 152 valence electrons. The fraction of sp³-hybridized carbons (Fsp3) is 0.421. The van der Waals surface area contributed by atoms with Crippen LogP contribution in [0.25, 0.3) is 0 Å². The van der Waals surface area contributed by atoms with E-state index in [4.69, 9.17) is 10.5 Å². The predicted octanol–water partition coefficient (Wildman–Crippen LogP) is 1.44. The van der Waals surface area contributed by atoms with E-state index in [-0.39, 0.29) is 42.9 Å². The first-order valence-corrected chi connectivity index (χ1v) is 10.2. The number of nitrogens with zero attached hydrogens (tertiary/aromatic N) is 2. The van der Waals surface area contributed by atoms with Gasteiger partial charge in [0.15, 0.2) is 5.69 Å². The lowest BCUT2D eigenvalue weighted by molar-refractivity contribution is -0.116. The number of methoxy groups -OCH3 is 1. The van der Waals surface area contributed by atoms with Crippen molar-refractivity contribution >= 4 is 29.2 Å². The maximum absolute atomic E-state index is 12.9. The van der Waals surface area contributed by atoms with Crippen LogP contribution in [0.1, 0.15) is 18.9 Å². The number of thioether (sulfide) groups is 1. The third-order valence-corrected chi connectivity index (χ3v) is 5.21. The molecule has 2 aromatic rings. The van der Waals surface area contributed by atoms with Crippen LogP contribution in [0, 0.1) is 0 Å². The van der Waals surface area contributed by atoms with E-state index in [0.29, 0.717) is 0 Å². The molecule has 9 heteroatoms. The second kappa shape index (κ2) is 10.7. The number of rotatable bonds is 10. The number of nitrogen functional groups attached to an aromatic ring is 1. The number of H-pyrrole nitrogens is 1. The minimum atomic E-state index is -0.680. The van der Waals surface area contributed by atoms with Crippen LogP contribution in [-0.2, 0) is 22.6 Å². The van der Waals surface area contributed by atoms with Crippen molar-refractivity contribution in [3.05, 3.63) is 56.7 Å². The van der Waals surface area contributed by atoms with E-state index >= 15 is 0 Å². The van der Waals surface area contributed by atoms with E-state index in [0.717, 1.165) is 17.7 Å². The van der Waals surface area contributed by atoms with Gasteiger partial charge in [-0.15, -0.1) is 0 Å². The number of ether oxygens (including phenoxy) is 1. The molecule has 8 nitrogen and oxygen atoms in total. The number of carbonyl (C=O) groups excluding carboxylic acids is 1. The molecule has 0 aliphatic carbocycles. The van der Waals surface area contributed by atoms with Crippen molar-refractivity contribution in [2.24, 2.45) is 0 Å². The van der Waals surface area contributed by atoms with Gasteiger partial charge in [-0.05, 0) is 17.7 Å². The second-order valence-corrected chi connectivity index (χ2v) is 7.26. The molecule has 0 fully saturated rings. The number of nitrogens with two attached hydrogens (primary N) is 1. The molecule has 0 spiro atoms. The van der Waals surface area contributed by atoms with Crippen LogP contribution in [0.15, 0.2) is 39.9 Å². The Morgan fingerprint density at radius 3 is 2.64 bits per heavy atom. The first-order valence-electron chi connectivity index (χ1n) is 9.03. The average molecular weight is 407 g/mol. The van der Waals surface area contributed by atoms with Crippen LogP contribution >= 0.6 is 11.8 Å². The maximum Gasteiger partial charge on any atom is 0.330 e. The first kappa shape index (κ1) is 21.8. The molecule has 0 saturated carbocycles. The van der Waals surface area contributed by atoms with Crippen molar-refractivity contribution in [2.75, 3.05) is 35.9 Å². The Kier molecular flexibility index (Phi) is 8.34. The quantitative estimate of drug-likeness (QED) is 0.578. The summed E-state index contributed by atoms with van der Waals surface area (Å²) < 4.78 is 6.22. The summed E-state index contributed by atoms with van der Waals surface area (Å²) in [6, 6.07) is 9.32. The lowest BCUT2D eigenvalue weighted by atomic mass is 10.2. The predicted molar refractivity (Wildman–Crippen MR) is 113 cm³/mol. The molecule has 28 heavy (non-hydrogen) atoms. The number of anilines is 2. The normalized spacial score (nSPS) is 10.8. The largest absolute Gasteiger partial charge is 0.383 e. The fourth-order valence-electron chi connectivity index (χ4n) is 2.68. The van der Waals surface area contributed by atoms with Gasteiger partial charge in [0.1, 0.15) is 5.82 Å². The molecule has 2 rings (SSSR count). The molecule has 0 saturated heterocycles. The van der Waals surface area contributed by atoms with Gasteiger partial charge in [-0.3, -0.25) is 24.0 Å². The van der Waals surface area contributed by atoms with E-state index in [1.165, 1.54) is 28.3 Å². The van der Waals surface area contributed by atoms with E-state index < -0.39 is 11.2 Å². The van der Waals surface area contributed by atoms with Gasteiger partial charge in [0.05, 0.1) is 25.4 Å². The molecule has 1 aromatic carbocycles. The lowest BCUT2D eigenvalue weighted by Gasteiger charge is -2.24. The highest BCUT2D eigenvalue weighted by molar-refractivity contribution is 7.99. The highest BCUT2D eigenvalue weighted by Gasteiger charge is 2.24. The molecule has 1 amide bonds. The van der Waals surface area contributed by atoms with Gasteiger partial charge in [0, 0.05) is 7.11 Å². The number of carbonyl (C=O) groups is 1. The van der Waals surface area contributed by atoms with Gasteiger partial charge >= 0.3 is 5.69 Å². The number of nitrogens with one attached hydrogen (secondary N) is 1. The van der Waals surface area contributed by atoms with E-state index in [1.54, 1.807) is 0 Å². The molecule has 0 aliphatic heterocycles. The second-order valence-electron chi connectivity index (χ2n) is 6.16. The minimum Gasteiger partial charge on any atom is -0.383 e. The maximum atomic E-state index is 12.9. The van der Waals surface area contributed by atoms with Crippen molar-refractivity contribution in [3.8, 4) is 0 Å². The fourth-order valence-corrected chi connectivity index (χ4v) is 3.45. The Balaban J connectivity index is 2.48. The number of hydrogen-bond donors (Lipinski definition) is 2.